The number of hydrogen-bond donors (Lipinski definition) is 3. The largest absolute Gasteiger partial charge is 0.489 e. The average Bonchev–Trinajstić information content (AvgIpc) is 2.90. The Morgan fingerprint density at radius 2 is 2.18 bits per heavy atom. The van der Waals surface area contributed by atoms with Gasteiger partial charge < -0.3 is 19.9 Å². The number of aliphatic hydroxyl groups excluding tert-OH is 2. The van der Waals surface area contributed by atoms with E-state index in [9.17, 15) is 10.2 Å². The number of fused-ring (bicyclic) bond motifs is 1. The summed E-state index contributed by atoms with van der Waals surface area (Å²) in [6.07, 6.45) is 3.39. The zero-order chi connectivity index (χ0) is 15.7. The van der Waals surface area contributed by atoms with Crippen LogP contribution in [0.2, 0.25) is 10.0 Å². The molecule has 0 saturated heterocycles. The lowest BCUT2D eigenvalue weighted by molar-refractivity contribution is 0.0812. The third-order valence-corrected chi connectivity index (χ3v) is 4.81. The molecule has 3 N–H and O–H groups in total. The molecular formula is C15H18Cl2N2O3. The molecule has 1 fully saturated rings. The minimum Gasteiger partial charge on any atom is -0.489 e. The molecule has 0 aliphatic heterocycles. The molecule has 2 aromatic rings. The highest BCUT2D eigenvalue weighted by Gasteiger charge is 2.22. The Morgan fingerprint density at radius 1 is 1.36 bits per heavy atom. The quantitative estimate of drug-likeness (QED) is 0.795. The van der Waals surface area contributed by atoms with E-state index in [1.165, 1.54) is 0 Å². The Labute approximate surface area is 138 Å². The van der Waals surface area contributed by atoms with Gasteiger partial charge in [0, 0.05) is 0 Å². The molecule has 120 valence electrons. The second-order valence-electron chi connectivity index (χ2n) is 5.74. The first-order valence-corrected chi connectivity index (χ1v) is 8.12. The minimum absolute atomic E-state index is 0.196. The summed E-state index contributed by atoms with van der Waals surface area (Å²) in [6, 6.07) is 1.67. The number of hydrogen-bond acceptors (Lipinski definition) is 4. The predicted molar refractivity (Wildman–Crippen MR) is 85.5 cm³/mol. The van der Waals surface area contributed by atoms with Crippen molar-refractivity contribution in [3.63, 3.8) is 0 Å². The molecule has 1 saturated carbocycles. The first kappa shape index (κ1) is 15.9. The van der Waals surface area contributed by atoms with Crippen LogP contribution in [0, 0.1) is 5.92 Å². The number of halogens is 2. The van der Waals surface area contributed by atoms with Crippen molar-refractivity contribution < 1.29 is 14.9 Å². The molecule has 3 rings (SSSR count). The van der Waals surface area contributed by atoms with Crippen molar-refractivity contribution in [3.05, 3.63) is 21.9 Å². The summed E-state index contributed by atoms with van der Waals surface area (Å²) in [5, 5.41) is 19.6. The van der Waals surface area contributed by atoms with Gasteiger partial charge in [0.2, 0.25) is 0 Å². The molecule has 1 aliphatic rings. The van der Waals surface area contributed by atoms with Crippen LogP contribution in [0.25, 0.3) is 11.0 Å². The molecule has 5 nitrogen and oxygen atoms in total. The van der Waals surface area contributed by atoms with Gasteiger partial charge in [-0.05, 0) is 31.2 Å². The highest BCUT2D eigenvalue weighted by Crippen LogP contribution is 2.39. The molecule has 7 heteroatoms. The molecule has 0 bridgehead atoms. The van der Waals surface area contributed by atoms with Crippen LogP contribution in [0.1, 0.15) is 31.5 Å². The number of aromatic nitrogens is 2. The van der Waals surface area contributed by atoms with Crippen molar-refractivity contribution in [3.8, 4) is 5.75 Å². The topological polar surface area (TPSA) is 78.4 Å². The van der Waals surface area contributed by atoms with Gasteiger partial charge in [-0.3, -0.25) is 0 Å². The van der Waals surface area contributed by atoms with E-state index in [2.05, 4.69) is 9.97 Å². The minimum atomic E-state index is -0.247. The van der Waals surface area contributed by atoms with Crippen molar-refractivity contribution in [2.75, 3.05) is 6.61 Å². The Hall–Kier alpha value is -1.01. The zero-order valence-electron chi connectivity index (χ0n) is 12.0. The maximum absolute atomic E-state index is 9.73. The van der Waals surface area contributed by atoms with Gasteiger partial charge >= 0.3 is 0 Å². The number of rotatable bonds is 4. The van der Waals surface area contributed by atoms with Crippen molar-refractivity contribution in [2.45, 2.75) is 38.4 Å². The maximum Gasteiger partial charge on any atom is 0.167 e. The molecule has 0 spiro atoms. The summed E-state index contributed by atoms with van der Waals surface area (Å²) < 4.78 is 5.88. The van der Waals surface area contributed by atoms with Gasteiger partial charge in [-0.1, -0.05) is 29.6 Å². The van der Waals surface area contributed by atoms with Crippen molar-refractivity contribution >= 4 is 34.2 Å². The smallest absolute Gasteiger partial charge is 0.167 e. The van der Waals surface area contributed by atoms with E-state index in [0.29, 0.717) is 45.2 Å². The van der Waals surface area contributed by atoms with Crippen molar-refractivity contribution in [1.29, 1.82) is 0 Å². The highest BCUT2D eigenvalue weighted by atomic mass is 35.5. The highest BCUT2D eigenvalue weighted by molar-refractivity contribution is 6.44. The molecule has 1 aliphatic carbocycles. The normalized spacial score (nSPS) is 22.2. The monoisotopic (exact) mass is 344 g/mol. The van der Waals surface area contributed by atoms with E-state index < -0.39 is 0 Å². The number of ether oxygens (including phenoxy) is 1. The van der Waals surface area contributed by atoms with Crippen LogP contribution in [-0.2, 0) is 6.61 Å². The number of nitrogens with one attached hydrogen (secondary N) is 1. The standard InChI is InChI=1S/C15H18Cl2N2O3/c16-10-5-11-14(19-12(6-20)18-11)15(13(10)17)22-7-8-2-1-3-9(21)4-8/h5,8-9,20-21H,1-4,6-7H2,(H,18,19). The Kier molecular flexibility index (Phi) is 4.78. The number of nitrogens with zero attached hydrogens (tertiary/aromatic N) is 1. The molecule has 2 atom stereocenters. The molecule has 0 radical (unpaired) electrons. The summed E-state index contributed by atoms with van der Waals surface area (Å²) in [6.45, 7) is 0.270. The van der Waals surface area contributed by atoms with Crippen LogP contribution in [0.5, 0.6) is 5.75 Å². The van der Waals surface area contributed by atoms with Crippen LogP contribution in [0.4, 0.5) is 0 Å². The van der Waals surface area contributed by atoms with Gasteiger partial charge in [-0.2, -0.15) is 0 Å². The summed E-state index contributed by atoms with van der Waals surface area (Å²) in [4.78, 5) is 7.26. The van der Waals surface area contributed by atoms with Gasteiger partial charge in [-0.25, -0.2) is 4.98 Å². The van der Waals surface area contributed by atoms with Gasteiger partial charge in [0.25, 0.3) is 0 Å². The molecule has 2 unspecified atom stereocenters. The second-order valence-corrected chi connectivity index (χ2v) is 6.52. The van der Waals surface area contributed by atoms with Crippen LogP contribution in [0.3, 0.4) is 0 Å². The number of imidazole rings is 1. The molecule has 1 aromatic carbocycles. The number of aromatic amines is 1. The van der Waals surface area contributed by atoms with Gasteiger partial charge in [0.05, 0.1) is 23.3 Å². The van der Waals surface area contributed by atoms with Crippen LogP contribution < -0.4 is 4.74 Å². The molecule has 1 aromatic heterocycles. The number of aliphatic hydroxyl groups is 2. The van der Waals surface area contributed by atoms with E-state index in [-0.39, 0.29) is 12.7 Å². The lowest BCUT2D eigenvalue weighted by atomic mass is 9.88. The molecule has 0 amide bonds. The third-order valence-electron chi connectivity index (χ3n) is 4.04. The van der Waals surface area contributed by atoms with Crippen LogP contribution in [-0.4, -0.2) is 32.9 Å². The number of H-pyrrole nitrogens is 1. The lowest BCUT2D eigenvalue weighted by Gasteiger charge is -2.26. The first-order chi connectivity index (χ1) is 10.6. The van der Waals surface area contributed by atoms with Gasteiger partial charge in [0.1, 0.15) is 23.0 Å². The fourth-order valence-corrected chi connectivity index (χ4v) is 3.33. The summed E-state index contributed by atoms with van der Waals surface area (Å²) in [5.41, 5.74) is 1.24. The van der Waals surface area contributed by atoms with Crippen LogP contribution >= 0.6 is 23.2 Å². The molecule has 22 heavy (non-hydrogen) atoms. The Balaban J connectivity index is 1.85. The predicted octanol–water partition coefficient (Wildman–Crippen LogP) is 3.29. The fourth-order valence-electron chi connectivity index (χ4n) is 2.94. The summed E-state index contributed by atoms with van der Waals surface area (Å²) in [7, 11) is 0. The fraction of sp³-hybridized carbons (Fsp3) is 0.533. The molecule has 1 heterocycles. The van der Waals surface area contributed by atoms with E-state index in [4.69, 9.17) is 27.9 Å². The third kappa shape index (κ3) is 3.18. The Bertz CT molecular complexity index is 674. The van der Waals surface area contributed by atoms with Gasteiger partial charge in [0.15, 0.2) is 5.75 Å². The zero-order valence-corrected chi connectivity index (χ0v) is 13.5. The number of benzene rings is 1. The van der Waals surface area contributed by atoms with E-state index in [0.717, 1.165) is 25.7 Å². The SMILES string of the molecule is OCc1nc2c(OCC3CCCC(O)C3)c(Cl)c(Cl)cc2[nH]1. The Morgan fingerprint density at radius 3 is 2.91 bits per heavy atom. The van der Waals surface area contributed by atoms with E-state index in [1.54, 1.807) is 6.07 Å². The van der Waals surface area contributed by atoms with E-state index in [1.807, 2.05) is 0 Å². The van der Waals surface area contributed by atoms with Gasteiger partial charge in [-0.15, -0.1) is 0 Å². The van der Waals surface area contributed by atoms with E-state index >= 15 is 0 Å². The molecular weight excluding hydrogens is 327 g/mol. The average molecular weight is 345 g/mol. The van der Waals surface area contributed by atoms with Crippen molar-refractivity contribution in [2.24, 2.45) is 5.92 Å². The second kappa shape index (κ2) is 6.62. The maximum atomic E-state index is 9.73. The summed E-state index contributed by atoms with van der Waals surface area (Å²) in [5.74, 6) is 1.16. The lowest BCUT2D eigenvalue weighted by Crippen LogP contribution is -2.24. The first-order valence-electron chi connectivity index (χ1n) is 7.36. The van der Waals surface area contributed by atoms with Crippen LogP contribution in [0.15, 0.2) is 6.07 Å². The van der Waals surface area contributed by atoms with Crippen molar-refractivity contribution in [1.82, 2.24) is 9.97 Å². The summed E-state index contributed by atoms with van der Waals surface area (Å²) >= 11 is 12.4.